The highest BCUT2D eigenvalue weighted by atomic mass is 32.2. The molecule has 0 aliphatic rings. The topological polar surface area (TPSA) is 113 Å². The van der Waals surface area contributed by atoms with E-state index in [0.717, 1.165) is 9.87 Å². The summed E-state index contributed by atoms with van der Waals surface area (Å²) in [4.78, 5) is 12.7. The summed E-state index contributed by atoms with van der Waals surface area (Å²) >= 11 is 0. The molecule has 10 heteroatoms. The fourth-order valence-electron chi connectivity index (χ4n) is 3.07. The zero-order valence-corrected chi connectivity index (χ0v) is 20.0. The van der Waals surface area contributed by atoms with Gasteiger partial charge in [0.25, 0.3) is 15.9 Å². The maximum Gasteiger partial charge on any atom is 0.261 e. The lowest BCUT2D eigenvalue weighted by Crippen LogP contribution is -2.28. The SMILES string of the molecule is CC(NC(=O)c1ccccc1NS(=O)(=O)c1ccc(S(=O)(=O)N(C)C)cc1)c1ccccc1. The van der Waals surface area contributed by atoms with Crippen molar-refractivity contribution in [1.82, 2.24) is 9.62 Å². The number of benzene rings is 3. The number of rotatable bonds is 8. The smallest absolute Gasteiger partial charge is 0.261 e. The van der Waals surface area contributed by atoms with Gasteiger partial charge in [0.05, 0.1) is 27.1 Å². The largest absolute Gasteiger partial charge is 0.345 e. The fraction of sp³-hybridized carbons (Fsp3) is 0.174. The van der Waals surface area contributed by atoms with Crippen molar-refractivity contribution in [3.8, 4) is 0 Å². The van der Waals surface area contributed by atoms with Crippen LogP contribution in [-0.4, -0.2) is 41.1 Å². The molecule has 0 saturated heterocycles. The van der Waals surface area contributed by atoms with E-state index in [-0.39, 0.29) is 27.1 Å². The van der Waals surface area contributed by atoms with Crippen molar-refractivity contribution in [2.45, 2.75) is 22.8 Å². The van der Waals surface area contributed by atoms with E-state index in [2.05, 4.69) is 10.0 Å². The molecule has 1 unspecified atom stereocenters. The molecule has 0 aliphatic heterocycles. The van der Waals surface area contributed by atoms with Gasteiger partial charge in [-0.15, -0.1) is 0 Å². The van der Waals surface area contributed by atoms with Crippen molar-refractivity contribution in [1.29, 1.82) is 0 Å². The van der Waals surface area contributed by atoms with Gasteiger partial charge in [0.15, 0.2) is 0 Å². The van der Waals surface area contributed by atoms with Gasteiger partial charge < -0.3 is 5.32 Å². The molecule has 2 N–H and O–H groups in total. The number of nitrogens with one attached hydrogen (secondary N) is 2. The monoisotopic (exact) mass is 487 g/mol. The number of anilines is 1. The van der Waals surface area contributed by atoms with Crippen LogP contribution in [0.5, 0.6) is 0 Å². The van der Waals surface area contributed by atoms with E-state index in [4.69, 9.17) is 0 Å². The molecule has 0 bridgehead atoms. The van der Waals surface area contributed by atoms with Crippen LogP contribution in [0.25, 0.3) is 0 Å². The molecule has 33 heavy (non-hydrogen) atoms. The summed E-state index contributed by atoms with van der Waals surface area (Å²) in [5, 5.41) is 2.87. The molecule has 0 saturated carbocycles. The van der Waals surface area contributed by atoms with Crippen LogP contribution in [0, 0.1) is 0 Å². The summed E-state index contributed by atoms with van der Waals surface area (Å²) in [6.45, 7) is 1.84. The first-order valence-corrected chi connectivity index (χ1v) is 12.9. The van der Waals surface area contributed by atoms with Gasteiger partial charge in [-0.05, 0) is 48.9 Å². The molecular weight excluding hydrogens is 462 g/mol. The van der Waals surface area contributed by atoms with Crippen LogP contribution < -0.4 is 10.0 Å². The van der Waals surface area contributed by atoms with E-state index in [1.807, 2.05) is 37.3 Å². The number of carbonyl (C=O) groups is 1. The van der Waals surface area contributed by atoms with Crippen LogP contribution in [0.15, 0.2) is 88.7 Å². The van der Waals surface area contributed by atoms with Crippen molar-refractivity contribution in [3.05, 3.63) is 90.0 Å². The first kappa shape index (κ1) is 24.4. The Hall–Kier alpha value is -3.21. The average Bonchev–Trinajstić information content (AvgIpc) is 2.79. The van der Waals surface area contributed by atoms with Gasteiger partial charge in [0.1, 0.15) is 0 Å². The van der Waals surface area contributed by atoms with Crippen molar-refractivity contribution in [2.75, 3.05) is 18.8 Å². The number of hydrogen-bond donors (Lipinski definition) is 2. The van der Waals surface area contributed by atoms with E-state index in [9.17, 15) is 21.6 Å². The van der Waals surface area contributed by atoms with Gasteiger partial charge in [0, 0.05) is 14.1 Å². The molecule has 0 fully saturated rings. The molecule has 174 valence electrons. The van der Waals surface area contributed by atoms with Gasteiger partial charge in [-0.1, -0.05) is 42.5 Å². The van der Waals surface area contributed by atoms with Crippen molar-refractivity contribution in [2.24, 2.45) is 0 Å². The Labute approximate surface area is 194 Å². The second-order valence-corrected chi connectivity index (χ2v) is 11.3. The number of sulfonamides is 2. The van der Waals surface area contributed by atoms with Crippen LogP contribution in [-0.2, 0) is 20.0 Å². The number of nitrogens with zero attached hydrogens (tertiary/aromatic N) is 1. The van der Waals surface area contributed by atoms with Gasteiger partial charge in [0.2, 0.25) is 10.0 Å². The van der Waals surface area contributed by atoms with Crippen LogP contribution in [0.3, 0.4) is 0 Å². The highest BCUT2D eigenvalue weighted by molar-refractivity contribution is 7.92. The summed E-state index contributed by atoms with van der Waals surface area (Å²) in [5.74, 6) is -0.433. The predicted molar refractivity (Wildman–Crippen MR) is 127 cm³/mol. The Balaban J connectivity index is 1.83. The number of carbonyl (C=O) groups excluding carboxylic acids is 1. The average molecular weight is 488 g/mol. The number of amides is 1. The lowest BCUT2D eigenvalue weighted by molar-refractivity contribution is 0.0940. The van der Waals surface area contributed by atoms with Crippen LogP contribution in [0.2, 0.25) is 0 Å². The summed E-state index contributed by atoms with van der Waals surface area (Å²) in [6.07, 6.45) is 0. The molecule has 0 radical (unpaired) electrons. The molecule has 0 aromatic heterocycles. The minimum absolute atomic E-state index is 0.0267. The van der Waals surface area contributed by atoms with E-state index < -0.39 is 26.0 Å². The van der Waals surface area contributed by atoms with Crippen molar-refractivity contribution < 1.29 is 21.6 Å². The number of para-hydroxylation sites is 1. The highest BCUT2D eigenvalue weighted by Crippen LogP contribution is 2.23. The second kappa shape index (κ2) is 9.74. The molecule has 3 rings (SSSR count). The van der Waals surface area contributed by atoms with Gasteiger partial charge in [-0.2, -0.15) is 0 Å². The lowest BCUT2D eigenvalue weighted by Gasteiger charge is -2.17. The maximum atomic E-state index is 12.9. The van der Waals surface area contributed by atoms with Gasteiger partial charge in [-0.3, -0.25) is 9.52 Å². The van der Waals surface area contributed by atoms with Crippen LogP contribution in [0.4, 0.5) is 5.69 Å². The quantitative estimate of drug-likeness (QED) is 0.507. The molecule has 3 aromatic rings. The van der Waals surface area contributed by atoms with E-state index in [0.29, 0.717) is 0 Å². The summed E-state index contributed by atoms with van der Waals surface area (Å²) in [6, 6.07) is 20.3. The number of hydrogen-bond acceptors (Lipinski definition) is 5. The summed E-state index contributed by atoms with van der Waals surface area (Å²) in [7, 11) is -4.97. The summed E-state index contributed by atoms with van der Waals surface area (Å²) < 4.78 is 53.7. The molecule has 0 spiro atoms. The lowest BCUT2D eigenvalue weighted by atomic mass is 10.1. The van der Waals surface area contributed by atoms with E-state index in [1.165, 1.54) is 50.5 Å². The molecule has 1 atom stereocenters. The first-order chi connectivity index (χ1) is 15.5. The third-order valence-electron chi connectivity index (χ3n) is 4.98. The molecule has 8 nitrogen and oxygen atoms in total. The molecule has 3 aromatic carbocycles. The first-order valence-electron chi connectivity index (χ1n) is 10.0. The van der Waals surface area contributed by atoms with Gasteiger partial charge in [-0.25, -0.2) is 21.1 Å². The van der Waals surface area contributed by atoms with Crippen LogP contribution in [0.1, 0.15) is 28.9 Å². The zero-order chi connectivity index (χ0) is 24.2. The third kappa shape index (κ3) is 5.59. The van der Waals surface area contributed by atoms with Crippen molar-refractivity contribution in [3.63, 3.8) is 0 Å². The third-order valence-corrected chi connectivity index (χ3v) is 8.19. The fourth-order valence-corrected chi connectivity index (χ4v) is 5.06. The molecule has 0 aliphatic carbocycles. The molecule has 1 amide bonds. The minimum Gasteiger partial charge on any atom is -0.345 e. The Morgan fingerprint density at radius 3 is 1.94 bits per heavy atom. The normalized spacial score (nSPS) is 12.8. The molecular formula is C23H25N3O5S2. The van der Waals surface area contributed by atoms with Gasteiger partial charge >= 0.3 is 0 Å². The predicted octanol–water partition coefficient (Wildman–Crippen LogP) is 3.23. The summed E-state index contributed by atoms with van der Waals surface area (Å²) in [5.41, 5.74) is 1.19. The zero-order valence-electron chi connectivity index (χ0n) is 18.4. The highest BCUT2D eigenvalue weighted by Gasteiger charge is 2.22. The minimum atomic E-state index is -4.07. The Morgan fingerprint density at radius 2 is 1.33 bits per heavy atom. The Bertz CT molecular complexity index is 1340. The second-order valence-electron chi connectivity index (χ2n) is 7.52. The Morgan fingerprint density at radius 1 is 0.788 bits per heavy atom. The van der Waals surface area contributed by atoms with Crippen LogP contribution >= 0.6 is 0 Å². The maximum absolute atomic E-state index is 12.9. The van der Waals surface area contributed by atoms with E-state index in [1.54, 1.807) is 12.1 Å². The molecule has 0 heterocycles. The standard InChI is InChI=1S/C23H25N3O5S2/c1-17(18-9-5-4-6-10-18)24-23(27)21-11-7-8-12-22(21)25-32(28,29)19-13-15-20(16-14-19)33(30,31)26(2)3/h4-17,25H,1-3H3,(H,24,27). The van der Waals surface area contributed by atoms with Crippen molar-refractivity contribution >= 4 is 31.6 Å². The Kier molecular flexibility index (Phi) is 7.21. The van der Waals surface area contributed by atoms with E-state index >= 15 is 0 Å².